The molecule has 0 radical (unpaired) electrons. The molecule has 5 heteroatoms. The van der Waals surface area contributed by atoms with Gasteiger partial charge >= 0.3 is 5.97 Å². The number of benzene rings is 2. The third kappa shape index (κ3) is 4.73. The molecule has 0 spiro atoms. The molecule has 2 aromatic rings. The first-order valence-corrected chi connectivity index (χ1v) is 8.04. The van der Waals surface area contributed by atoms with Gasteiger partial charge in [0.2, 0.25) is 0 Å². The SMILES string of the molecule is Cl.Nc1ccccc1C(=O)OC1CCN(Cc2ccccc2)CC1. The van der Waals surface area contributed by atoms with Crippen molar-refractivity contribution in [2.75, 3.05) is 18.8 Å². The van der Waals surface area contributed by atoms with Crippen molar-refractivity contribution in [1.29, 1.82) is 0 Å². The minimum Gasteiger partial charge on any atom is -0.459 e. The van der Waals surface area contributed by atoms with Gasteiger partial charge in [0.05, 0.1) is 5.56 Å². The van der Waals surface area contributed by atoms with Crippen LogP contribution in [0.5, 0.6) is 0 Å². The quantitative estimate of drug-likeness (QED) is 0.680. The monoisotopic (exact) mass is 346 g/mol. The molecule has 0 unspecified atom stereocenters. The van der Waals surface area contributed by atoms with Gasteiger partial charge in [0.25, 0.3) is 0 Å². The van der Waals surface area contributed by atoms with Crippen LogP contribution in [0, 0.1) is 0 Å². The summed E-state index contributed by atoms with van der Waals surface area (Å²) in [6.07, 6.45) is 1.71. The number of nitrogens with zero attached hydrogens (tertiary/aromatic N) is 1. The zero-order valence-corrected chi connectivity index (χ0v) is 14.4. The summed E-state index contributed by atoms with van der Waals surface area (Å²) >= 11 is 0. The maximum Gasteiger partial charge on any atom is 0.340 e. The van der Waals surface area contributed by atoms with Gasteiger partial charge in [0.1, 0.15) is 6.10 Å². The third-order valence-corrected chi connectivity index (χ3v) is 4.24. The van der Waals surface area contributed by atoms with E-state index in [1.54, 1.807) is 18.2 Å². The van der Waals surface area contributed by atoms with Crippen molar-refractivity contribution in [3.8, 4) is 0 Å². The molecule has 4 nitrogen and oxygen atoms in total. The van der Waals surface area contributed by atoms with Gasteiger partial charge in [0.15, 0.2) is 0 Å². The Hall–Kier alpha value is -2.04. The molecule has 3 rings (SSSR count). The molecular formula is C19H23ClN2O2. The molecule has 0 bridgehead atoms. The number of piperidine rings is 1. The zero-order valence-electron chi connectivity index (χ0n) is 13.6. The van der Waals surface area contributed by atoms with Gasteiger partial charge < -0.3 is 10.5 Å². The summed E-state index contributed by atoms with van der Waals surface area (Å²) in [5, 5.41) is 0. The summed E-state index contributed by atoms with van der Waals surface area (Å²) < 4.78 is 5.61. The highest BCUT2D eigenvalue weighted by Crippen LogP contribution is 2.19. The van der Waals surface area contributed by atoms with Crippen LogP contribution >= 0.6 is 12.4 Å². The molecule has 1 heterocycles. The smallest absolute Gasteiger partial charge is 0.340 e. The lowest BCUT2D eigenvalue weighted by molar-refractivity contribution is 0.0105. The van der Waals surface area contributed by atoms with E-state index in [2.05, 4.69) is 29.2 Å². The van der Waals surface area contributed by atoms with E-state index in [-0.39, 0.29) is 24.5 Å². The van der Waals surface area contributed by atoms with Crippen molar-refractivity contribution in [2.24, 2.45) is 0 Å². The Kier molecular flexibility index (Phi) is 6.64. The Morgan fingerprint density at radius 1 is 1.04 bits per heavy atom. The summed E-state index contributed by atoms with van der Waals surface area (Å²) in [4.78, 5) is 14.6. The Bertz CT molecular complexity index is 655. The van der Waals surface area contributed by atoms with Crippen LogP contribution in [-0.4, -0.2) is 30.1 Å². The number of anilines is 1. The fourth-order valence-electron chi connectivity index (χ4n) is 2.92. The molecule has 1 fully saturated rings. The number of para-hydroxylation sites is 1. The first-order chi connectivity index (χ1) is 11.2. The van der Waals surface area contributed by atoms with Crippen molar-refractivity contribution in [1.82, 2.24) is 4.90 Å². The first kappa shape index (κ1) is 18.3. The number of nitrogens with two attached hydrogens (primary N) is 1. The van der Waals surface area contributed by atoms with Crippen LogP contribution in [0.4, 0.5) is 5.69 Å². The predicted molar refractivity (Wildman–Crippen MR) is 98.3 cm³/mol. The minimum atomic E-state index is -0.315. The second-order valence-electron chi connectivity index (χ2n) is 5.95. The van der Waals surface area contributed by atoms with Crippen LogP contribution in [0.15, 0.2) is 54.6 Å². The molecule has 2 aromatic carbocycles. The Balaban J connectivity index is 0.00000208. The second-order valence-corrected chi connectivity index (χ2v) is 5.95. The van der Waals surface area contributed by atoms with Gasteiger partial charge in [-0.15, -0.1) is 12.4 Å². The van der Waals surface area contributed by atoms with E-state index in [9.17, 15) is 4.79 Å². The van der Waals surface area contributed by atoms with Crippen molar-refractivity contribution in [3.63, 3.8) is 0 Å². The third-order valence-electron chi connectivity index (χ3n) is 4.24. The number of carbonyl (C=O) groups is 1. The standard InChI is InChI=1S/C19H22N2O2.ClH/c20-18-9-5-4-8-17(18)19(22)23-16-10-12-21(13-11-16)14-15-6-2-1-3-7-15;/h1-9,16H,10-14,20H2;1H. The summed E-state index contributed by atoms with van der Waals surface area (Å²) in [6.45, 7) is 2.83. The van der Waals surface area contributed by atoms with Gasteiger partial charge in [-0.3, -0.25) is 4.90 Å². The number of likely N-dealkylation sites (tertiary alicyclic amines) is 1. The van der Waals surface area contributed by atoms with Gasteiger partial charge in [-0.1, -0.05) is 42.5 Å². The number of hydrogen-bond acceptors (Lipinski definition) is 4. The number of ether oxygens (including phenoxy) is 1. The van der Waals surface area contributed by atoms with E-state index in [0.29, 0.717) is 11.3 Å². The summed E-state index contributed by atoms with van der Waals surface area (Å²) in [6, 6.07) is 17.5. The molecule has 1 aliphatic rings. The normalized spacial score (nSPS) is 15.5. The molecule has 2 N–H and O–H groups in total. The molecule has 1 aliphatic heterocycles. The average molecular weight is 347 g/mol. The molecule has 24 heavy (non-hydrogen) atoms. The molecular weight excluding hydrogens is 324 g/mol. The van der Waals surface area contributed by atoms with E-state index in [0.717, 1.165) is 32.5 Å². The lowest BCUT2D eigenvalue weighted by Gasteiger charge is -2.31. The van der Waals surface area contributed by atoms with Crippen molar-refractivity contribution in [3.05, 3.63) is 65.7 Å². The van der Waals surface area contributed by atoms with E-state index < -0.39 is 0 Å². The number of esters is 1. The van der Waals surface area contributed by atoms with Gasteiger partial charge in [0, 0.05) is 25.3 Å². The largest absolute Gasteiger partial charge is 0.459 e. The highest BCUT2D eigenvalue weighted by Gasteiger charge is 2.23. The van der Waals surface area contributed by atoms with E-state index >= 15 is 0 Å². The second kappa shape index (κ2) is 8.71. The average Bonchev–Trinajstić information content (AvgIpc) is 2.58. The summed E-state index contributed by atoms with van der Waals surface area (Å²) in [5.74, 6) is -0.315. The predicted octanol–water partition coefficient (Wildman–Crippen LogP) is 3.51. The van der Waals surface area contributed by atoms with Crippen molar-refractivity contribution < 1.29 is 9.53 Å². The molecule has 1 saturated heterocycles. The minimum absolute atomic E-state index is 0. The van der Waals surface area contributed by atoms with E-state index in [4.69, 9.17) is 10.5 Å². The van der Waals surface area contributed by atoms with E-state index in [1.165, 1.54) is 5.56 Å². The van der Waals surface area contributed by atoms with Crippen molar-refractivity contribution in [2.45, 2.75) is 25.5 Å². The summed E-state index contributed by atoms with van der Waals surface area (Å²) in [7, 11) is 0. The first-order valence-electron chi connectivity index (χ1n) is 8.04. The van der Waals surface area contributed by atoms with Crippen LogP contribution < -0.4 is 5.73 Å². The highest BCUT2D eigenvalue weighted by atomic mass is 35.5. The number of carbonyl (C=O) groups excluding carboxylic acids is 1. The number of halogens is 1. The van der Waals surface area contributed by atoms with Gasteiger partial charge in [-0.05, 0) is 30.5 Å². The Morgan fingerprint density at radius 3 is 2.33 bits per heavy atom. The van der Waals surface area contributed by atoms with Crippen LogP contribution in [0.3, 0.4) is 0 Å². The molecule has 0 amide bonds. The van der Waals surface area contributed by atoms with Crippen LogP contribution in [0.1, 0.15) is 28.8 Å². The fraction of sp³-hybridized carbons (Fsp3) is 0.316. The number of nitrogen functional groups attached to an aromatic ring is 1. The van der Waals surface area contributed by atoms with Gasteiger partial charge in [-0.2, -0.15) is 0 Å². The highest BCUT2D eigenvalue weighted by molar-refractivity contribution is 5.95. The maximum atomic E-state index is 12.2. The van der Waals surface area contributed by atoms with E-state index in [1.807, 2.05) is 12.1 Å². The molecule has 0 aliphatic carbocycles. The number of hydrogen-bond donors (Lipinski definition) is 1. The number of rotatable bonds is 4. The molecule has 0 aromatic heterocycles. The topological polar surface area (TPSA) is 55.6 Å². The van der Waals surface area contributed by atoms with Crippen LogP contribution in [-0.2, 0) is 11.3 Å². The Labute approximate surface area is 149 Å². The molecule has 0 saturated carbocycles. The lowest BCUT2D eigenvalue weighted by Crippen LogP contribution is -2.37. The van der Waals surface area contributed by atoms with Crippen molar-refractivity contribution >= 4 is 24.1 Å². The zero-order chi connectivity index (χ0) is 16.1. The fourth-order valence-corrected chi connectivity index (χ4v) is 2.92. The van der Waals surface area contributed by atoms with Crippen LogP contribution in [0.25, 0.3) is 0 Å². The Morgan fingerprint density at radius 2 is 1.67 bits per heavy atom. The lowest BCUT2D eigenvalue weighted by atomic mass is 10.1. The van der Waals surface area contributed by atoms with Crippen LogP contribution in [0.2, 0.25) is 0 Å². The molecule has 128 valence electrons. The van der Waals surface area contributed by atoms with Gasteiger partial charge in [-0.25, -0.2) is 4.79 Å². The maximum absolute atomic E-state index is 12.2. The summed E-state index contributed by atoms with van der Waals surface area (Å²) in [5.41, 5.74) is 8.07. The molecule has 0 atom stereocenters.